The van der Waals surface area contributed by atoms with E-state index in [2.05, 4.69) is 22.9 Å². The zero-order valence-electron chi connectivity index (χ0n) is 13.6. The van der Waals surface area contributed by atoms with Gasteiger partial charge in [-0.15, -0.1) is 0 Å². The summed E-state index contributed by atoms with van der Waals surface area (Å²) in [4.78, 5) is 17.5. The third kappa shape index (κ3) is 4.17. The van der Waals surface area contributed by atoms with Crippen molar-refractivity contribution in [3.05, 3.63) is 69.2 Å². The van der Waals surface area contributed by atoms with Crippen LogP contribution in [0.3, 0.4) is 0 Å². The van der Waals surface area contributed by atoms with Gasteiger partial charge in [0.25, 0.3) is 0 Å². The SMILES string of the molecule is CN1CCN(Cc2cccc(C(=O)c3cc(Cl)ccc3Cl)c2)CC1. The normalized spacial score (nSPS) is 16.3. The molecule has 0 radical (unpaired) electrons. The van der Waals surface area contributed by atoms with Crippen molar-refractivity contribution in [1.29, 1.82) is 0 Å². The van der Waals surface area contributed by atoms with E-state index >= 15 is 0 Å². The van der Waals surface area contributed by atoms with Gasteiger partial charge in [0.05, 0.1) is 5.02 Å². The number of likely N-dealkylation sites (N-methyl/N-ethyl adjacent to an activating group) is 1. The fourth-order valence-electron chi connectivity index (χ4n) is 2.90. The highest BCUT2D eigenvalue weighted by Crippen LogP contribution is 2.24. The van der Waals surface area contributed by atoms with E-state index in [1.807, 2.05) is 18.2 Å². The molecule has 1 saturated heterocycles. The number of hydrogen-bond acceptors (Lipinski definition) is 3. The van der Waals surface area contributed by atoms with E-state index in [1.165, 1.54) is 0 Å². The molecule has 5 heteroatoms. The van der Waals surface area contributed by atoms with Crippen molar-refractivity contribution >= 4 is 29.0 Å². The Morgan fingerprint density at radius 1 is 1.04 bits per heavy atom. The van der Waals surface area contributed by atoms with Gasteiger partial charge in [-0.05, 0) is 36.9 Å². The Labute approximate surface area is 152 Å². The van der Waals surface area contributed by atoms with Crippen LogP contribution in [0.2, 0.25) is 10.0 Å². The predicted octanol–water partition coefficient (Wildman–Crippen LogP) is 3.97. The molecule has 0 aliphatic carbocycles. The van der Waals surface area contributed by atoms with E-state index in [1.54, 1.807) is 18.2 Å². The van der Waals surface area contributed by atoms with Crippen LogP contribution >= 0.6 is 23.2 Å². The molecule has 0 N–H and O–H groups in total. The molecule has 0 atom stereocenters. The van der Waals surface area contributed by atoms with Crippen molar-refractivity contribution in [2.75, 3.05) is 33.2 Å². The van der Waals surface area contributed by atoms with Gasteiger partial charge < -0.3 is 4.90 Å². The molecule has 2 aromatic carbocycles. The van der Waals surface area contributed by atoms with Gasteiger partial charge in [-0.1, -0.05) is 41.4 Å². The van der Waals surface area contributed by atoms with Crippen LogP contribution in [0.4, 0.5) is 0 Å². The molecule has 1 aliphatic rings. The highest BCUT2D eigenvalue weighted by Gasteiger charge is 2.16. The van der Waals surface area contributed by atoms with Crippen LogP contribution in [0.25, 0.3) is 0 Å². The molecule has 1 aliphatic heterocycles. The highest BCUT2D eigenvalue weighted by atomic mass is 35.5. The maximum absolute atomic E-state index is 12.7. The topological polar surface area (TPSA) is 23.6 Å². The van der Waals surface area contributed by atoms with Gasteiger partial charge >= 0.3 is 0 Å². The summed E-state index contributed by atoms with van der Waals surface area (Å²) in [6.07, 6.45) is 0. The molecule has 3 rings (SSSR count). The highest BCUT2D eigenvalue weighted by molar-refractivity contribution is 6.36. The lowest BCUT2D eigenvalue weighted by Crippen LogP contribution is -2.43. The zero-order valence-corrected chi connectivity index (χ0v) is 15.1. The standard InChI is InChI=1S/C19H20Cl2N2O/c1-22-7-9-23(10-8-22)13-14-3-2-4-15(11-14)19(24)17-12-16(20)5-6-18(17)21/h2-6,11-12H,7-10,13H2,1H3. The molecule has 0 bridgehead atoms. The lowest BCUT2D eigenvalue weighted by molar-refractivity contribution is 0.103. The second kappa shape index (κ2) is 7.66. The quantitative estimate of drug-likeness (QED) is 0.768. The number of benzene rings is 2. The van der Waals surface area contributed by atoms with Crippen LogP contribution in [-0.2, 0) is 6.54 Å². The first-order chi connectivity index (χ1) is 11.5. The number of nitrogens with zero attached hydrogens (tertiary/aromatic N) is 2. The summed E-state index contributed by atoms with van der Waals surface area (Å²) in [5, 5.41) is 0.935. The largest absolute Gasteiger partial charge is 0.304 e. The minimum Gasteiger partial charge on any atom is -0.304 e. The molecule has 1 heterocycles. The number of carbonyl (C=O) groups excluding carboxylic acids is 1. The molecule has 0 amide bonds. The van der Waals surface area contributed by atoms with Crippen LogP contribution in [0.1, 0.15) is 21.5 Å². The summed E-state index contributed by atoms with van der Waals surface area (Å²) in [6.45, 7) is 5.12. The monoisotopic (exact) mass is 362 g/mol. The molecule has 0 unspecified atom stereocenters. The average Bonchev–Trinajstić information content (AvgIpc) is 2.59. The van der Waals surface area contributed by atoms with Gasteiger partial charge in [-0.25, -0.2) is 0 Å². The number of carbonyl (C=O) groups is 1. The second-order valence-corrected chi connectivity index (χ2v) is 7.08. The Morgan fingerprint density at radius 3 is 2.54 bits per heavy atom. The number of halogens is 2. The Kier molecular flexibility index (Phi) is 5.57. The van der Waals surface area contributed by atoms with E-state index < -0.39 is 0 Å². The Bertz CT molecular complexity index is 740. The predicted molar refractivity (Wildman–Crippen MR) is 99.1 cm³/mol. The first-order valence-electron chi connectivity index (χ1n) is 8.02. The van der Waals surface area contributed by atoms with E-state index in [4.69, 9.17) is 23.2 Å². The lowest BCUT2D eigenvalue weighted by atomic mass is 10.0. The van der Waals surface area contributed by atoms with Gasteiger partial charge in [0, 0.05) is 48.9 Å². The molecule has 2 aromatic rings. The average molecular weight is 363 g/mol. The van der Waals surface area contributed by atoms with Gasteiger partial charge in [0.1, 0.15) is 0 Å². The zero-order chi connectivity index (χ0) is 17.1. The van der Waals surface area contributed by atoms with Crippen LogP contribution in [-0.4, -0.2) is 48.8 Å². The number of ketones is 1. The molecule has 0 saturated carbocycles. The molecule has 126 valence electrons. The molecule has 3 nitrogen and oxygen atoms in total. The molecule has 24 heavy (non-hydrogen) atoms. The Hall–Kier alpha value is -1.39. The Balaban J connectivity index is 1.77. The van der Waals surface area contributed by atoms with E-state index in [-0.39, 0.29) is 5.78 Å². The van der Waals surface area contributed by atoms with Gasteiger partial charge in [-0.3, -0.25) is 9.69 Å². The number of piperazine rings is 1. The van der Waals surface area contributed by atoms with Crippen molar-refractivity contribution in [1.82, 2.24) is 9.80 Å². The third-order valence-corrected chi connectivity index (χ3v) is 4.93. The fourth-order valence-corrected chi connectivity index (χ4v) is 3.28. The van der Waals surface area contributed by atoms with Crippen molar-refractivity contribution in [2.45, 2.75) is 6.54 Å². The summed E-state index contributed by atoms with van der Waals surface area (Å²) in [6, 6.07) is 12.7. The van der Waals surface area contributed by atoms with Gasteiger partial charge in [-0.2, -0.15) is 0 Å². The van der Waals surface area contributed by atoms with Crippen molar-refractivity contribution in [3.8, 4) is 0 Å². The second-order valence-electron chi connectivity index (χ2n) is 6.23. The van der Waals surface area contributed by atoms with Crippen molar-refractivity contribution < 1.29 is 4.79 Å². The van der Waals surface area contributed by atoms with Gasteiger partial charge in [0.15, 0.2) is 5.78 Å². The number of hydrogen-bond donors (Lipinski definition) is 0. The number of rotatable bonds is 4. The van der Waals surface area contributed by atoms with E-state index in [9.17, 15) is 4.79 Å². The molecule has 1 fully saturated rings. The maximum atomic E-state index is 12.7. The summed E-state index contributed by atoms with van der Waals surface area (Å²) in [7, 11) is 2.14. The van der Waals surface area contributed by atoms with E-state index in [0.29, 0.717) is 21.2 Å². The lowest BCUT2D eigenvalue weighted by Gasteiger charge is -2.32. The summed E-state index contributed by atoms with van der Waals surface area (Å²) in [5.41, 5.74) is 2.23. The molecular weight excluding hydrogens is 343 g/mol. The van der Waals surface area contributed by atoms with Crippen molar-refractivity contribution in [2.24, 2.45) is 0 Å². The maximum Gasteiger partial charge on any atom is 0.194 e. The minimum absolute atomic E-state index is 0.0947. The van der Waals surface area contributed by atoms with E-state index in [0.717, 1.165) is 38.3 Å². The Morgan fingerprint density at radius 2 is 1.79 bits per heavy atom. The molecular formula is C19H20Cl2N2O. The fraction of sp³-hybridized carbons (Fsp3) is 0.316. The summed E-state index contributed by atoms with van der Waals surface area (Å²) < 4.78 is 0. The van der Waals surface area contributed by atoms with Crippen molar-refractivity contribution in [3.63, 3.8) is 0 Å². The summed E-state index contributed by atoms with van der Waals surface area (Å²) >= 11 is 12.2. The van der Waals surface area contributed by atoms with Gasteiger partial charge in [0.2, 0.25) is 0 Å². The first-order valence-corrected chi connectivity index (χ1v) is 8.78. The van der Waals surface area contributed by atoms with Crippen LogP contribution in [0.5, 0.6) is 0 Å². The van der Waals surface area contributed by atoms with Crippen LogP contribution in [0.15, 0.2) is 42.5 Å². The minimum atomic E-state index is -0.0947. The summed E-state index contributed by atoms with van der Waals surface area (Å²) in [5.74, 6) is -0.0947. The molecule has 0 spiro atoms. The third-order valence-electron chi connectivity index (χ3n) is 4.36. The molecule has 0 aromatic heterocycles. The first kappa shape index (κ1) is 17.4. The van der Waals surface area contributed by atoms with Crippen LogP contribution < -0.4 is 0 Å². The van der Waals surface area contributed by atoms with Crippen LogP contribution in [0, 0.1) is 0 Å². The smallest absolute Gasteiger partial charge is 0.194 e.